The van der Waals surface area contributed by atoms with Gasteiger partial charge in [-0.15, -0.1) is 0 Å². The van der Waals surface area contributed by atoms with Crippen molar-refractivity contribution in [2.75, 3.05) is 7.11 Å². The molecule has 0 aliphatic carbocycles. The van der Waals surface area contributed by atoms with Gasteiger partial charge in [0.1, 0.15) is 11.5 Å². The second-order valence-corrected chi connectivity index (χ2v) is 4.94. The molecule has 0 fully saturated rings. The van der Waals surface area contributed by atoms with Crippen LogP contribution in [0.3, 0.4) is 0 Å². The third kappa shape index (κ3) is 2.18. The van der Waals surface area contributed by atoms with Crippen molar-refractivity contribution in [1.29, 1.82) is 0 Å². The fourth-order valence-electron chi connectivity index (χ4n) is 2.59. The van der Waals surface area contributed by atoms with Gasteiger partial charge in [0.15, 0.2) is 0 Å². The van der Waals surface area contributed by atoms with Gasteiger partial charge in [0.05, 0.1) is 7.11 Å². The van der Waals surface area contributed by atoms with Crippen LogP contribution in [0.25, 0.3) is 0 Å². The molecule has 0 saturated heterocycles. The largest absolute Gasteiger partial charge is 0.463 e. The molecule has 0 spiro atoms. The highest BCUT2D eigenvalue weighted by molar-refractivity contribution is 6.41. The Balaban J connectivity index is 2.13. The average molecular weight is 282 g/mol. The van der Waals surface area contributed by atoms with Crippen LogP contribution in [0.2, 0.25) is 0 Å². The smallest absolute Gasteiger partial charge is 0.379 e. The number of ketones is 1. The van der Waals surface area contributed by atoms with Crippen LogP contribution in [0.5, 0.6) is 11.5 Å². The molecule has 0 unspecified atom stereocenters. The molecule has 0 N–H and O–H groups in total. The summed E-state index contributed by atoms with van der Waals surface area (Å²) in [5.41, 5.74) is 2.86. The van der Waals surface area contributed by atoms with Gasteiger partial charge in [-0.25, -0.2) is 4.79 Å². The number of para-hydroxylation sites is 1. The summed E-state index contributed by atoms with van der Waals surface area (Å²) in [6.07, 6.45) is 0.561. The summed E-state index contributed by atoms with van der Waals surface area (Å²) in [6, 6.07) is 11.3. The Labute approximate surface area is 122 Å². The Kier molecular flexibility index (Phi) is 3.22. The molecule has 4 nitrogen and oxygen atoms in total. The summed E-state index contributed by atoms with van der Waals surface area (Å²) in [4.78, 5) is 23.8. The maximum atomic E-state index is 12.3. The molecule has 0 atom stereocenters. The number of methoxy groups -OCH3 is 1. The fraction of sp³-hybridized carbons (Fsp3) is 0.176. The van der Waals surface area contributed by atoms with Crippen molar-refractivity contribution in [2.45, 2.75) is 13.3 Å². The quantitative estimate of drug-likeness (QED) is 0.412. The molecule has 4 heteroatoms. The second-order valence-electron chi connectivity index (χ2n) is 4.94. The minimum Gasteiger partial charge on any atom is -0.463 e. The normalized spacial score (nSPS) is 11.9. The van der Waals surface area contributed by atoms with Crippen LogP contribution < -0.4 is 4.74 Å². The number of hydrogen-bond donors (Lipinski definition) is 0. The maximum Gasteiger partial charge on any atom is 0.379 e. The first-order valence-electron chi connectivity index (χ1n) is 6.62. The lowest BCUT2D eigenvalue weighted by molar-refractivity contribution is -0.135. The van der Waals surface area contributed by atoms with Crippen molar-refractivity contribution < 1.29 is 19.1 Å². The van der Waals surface area contributed by atoms with Crippen LogP contribution in [0.4, 0.5) is 0 Å². The highest BCUT2D eigenvalue weighted by Gasteiger charge is 2.27. The lowest BCUT2D eigenvalue weighted by Gasteiger charge is -2.22. The van der Waals surface area contributed by atoms with Crippen LogP contribution in [0, 0.1) is 6.92 Å². The maximum absolute atomic E-state index is 12.3. The zero-order valence-electron chi connectivity index (χ0n) is 11.8. The standard InChI is InChI=1S/C17H14O4/c1-10-7-8-14-12(15(10)16(18)17(19)20-2)9-11-5-3-4-6-13(11)21-14/h3-8H,9H2,1-2H3. The Bertz CT molecular complexity index is 746. The Morgan fingerprint density at radius 2 is 1.86 bits per heavy atom. The van der Waals surface area contributed by atoms with Crippen molar-refractivity contribution >= 4 is 11.8 Å². The van der Waals surface area contributed by atoms with Gasteiger partial charge >= 0.3 is 5.97 Å². The first kappa shape index (κ1) is 13.4. The molecule has 3 rings (SSSR count). The molecule has 0 radical (unpaired) electrons. The van der Waals surface area contributed by atoms with E-state index in [0.29, 0.717) is 17.7 Å². The van der Waals surface area contributed by atoms with Gasteiger partial charge in [-0.3, -0.25) is 4.79 Å². The number of rotatable bonds is 2. The molecule has 1 aliphatic rings. The van der Waals surface area contributed by atoms with E-state index in [1.165, 1.54) is 7.11 Å². The van der Waals surface area contributed by atoms with E-state index in [4.69, 9.17) is 4.74 Å². The fourth-order valence-corrected chi connectivity index (χ4v) is 2.59. The van der Waals surface area contributed by atoms with E-state index in [9.17, 15) is 9.59 Å². The van der Waals surface area contributed by atoms with Crippen molar-refractivity contribution in [3.63, 3.8) is 0 Å². The predicted octanol–water partition coefficient (Wildman–Crippen LogP) is 3.05. The summed E-state index contributed by atoms with van der Waals surface area (Å²) in [5.74, 6) is -0.0861. The summed E-state index contributed by atoms with van der Waals surface area (Å²) >= 11 is 0. The van der Waals surface area contributed by atoms with Crippen LogP contribution in [-0.4, -0.2) is 18.9 Å². The lowest BCUT2D eigenvalue weighted by Crippen LogP contribution is -2.20. The summed E-state index contributed by atoms with van der Waals surface area (Å²) in [7, 11) is 1.21. The molecule has 0 saturated carbocycles. The predicted molar refractivity (Wildman–Crippen MR) is 76.8 cm³/mol. The highest BCUT2D eigenvalue weighted by atomic mass is 16.5. The van der Waals surface area contributed by atoms with E-state index in [-0.39, 0.29) is 0 Å². The summed E-state index contributed by atoms with van der Waals surface area (Å²) < 4.78 is 10.4. The van der Waals surface area contributed by atoms with Crippen molar-refractivity contribution in [3.05, 3.63) is 58.7 Å². The molecule has 106 valence electrons. The van der Waals surface area contributed by atoms with E-state index in [1.54, 1.807) is 13.0 Å². The third-order valence-corrected chi connectivity index (χ3v) is 3.64. The van der Waals surface area contributed by atoms with E-state index in [2.05, 4.69) is 4.74 Å². The summed E-state index contributed by atoms with van der Waals surface area (Å²) in [6.45, 7) is 1.80. The van der Waals surface area contributed by atoms with Crippen molar-refractivity contribution in [2.24, 2.45) is 0 Å². The van der Waals surface area contributed by atoms with Crippen molar-refractivity contribution in [1.82, 2.24) is 0 Å². The Morgan fingerprint density at radius 3 is 2.62 bits per heavy atom. The topological polar surface area (TPSA) is 52.6 Å². The molecular weight excluding hydrogens is 268 g/mol. The number of aryl methyl sites for hydroxylation is 1. The van der Waals surface area contributed by atoms with Crippen LogP contribution in [0.15, 0.2) is 36.4 Å². The van der Waals surface area contributed by atoms with Crippen LogP contribution in [-0.2, 0) is 16.0 Å². The number of hydrogen-bond acceptors (Lipinski definition) is 4. The zero-order valence-corrected chi connectivity index (χ0v) is 11.8. The molecule has 0 amide bonds. The highest BCUT2D eigenvalue weighted by Crippen LogP contribution is 2.39. The number of fused-ring (bicyclic) bond motifs is 2. The lowest BCUT2D eigenvalue weighted by atomic mass is 9.91. The van der Waals surface area contributed by atoms with Crippen molar-refractivity contribution in [3.8, 4) is 11.5 Å². The van der Waals surface area contributed by atoms with Gasteiger partial charge < -0.3 is 9.47 Å². The molecule has 1 heterocycles. The van der Waals surface area contributed by atoms with Gasteiger partial charge in [0.25, 0.3) is 5.78 Å². The minimum atomic E-state index is -0.856. The molecule has 0 bridgehead atoms. The Morgan fingerprint density at radius 1 is 1.10 bits per heavy atom. The number of carbonyl (C=O) groups is 2. The number of carbonyl (C=O) groups excluding carboxylic acids is 2. The number of esters is 1. The summed E-state index contributed by atoms with van der Waals surface area (Å²) in [5, 5.41) is 0. The van der Waals surface area contributed by atoms with E-state index in [0.717, 1.165) is 22.4 Å². The number of ether oxygens (including phenoxy) is 2. The molecule has 2 aromatic carbocycles. The van der Waals surface area contributed by atoms with Gasteiger partial charge in [-0.1, -0.05) is 24.3 Å². The first-order valence-corrected chi connectivity index (χ1v) is 6.62. The molecule has 1 aliphatic heterocycles. The Hall–Kier alpha value is -2.62. The molecule has 0 aromatic heterocycles. The van der Waals surface area contributed by atoms with Gasteiger partial charge in [0, 0.05) is 17.5 Å². The monoisotopic (exact) mass is 282 g/mol. The van der Waals surface area contributed by atoms with E-state index < -0.39 is 11.8 Å². The number of Topliss-reactive ketones (excluding diaryl/α,β-unsaturated/α-hetero) is 1. The van der Waals surface area contributed by atoms with Gasteiger partial charge in [0.2, 0.25) is 0 Å². The average Bonchev–Trinajstić information content (AvgIpc) is 2.51. The zero-order chi connectivity index (χ0) is 15.0. The third-order valence-electron chi connectivity index (χ3n) is 3.64. The van der Waals surface area contributed by atoms with E-state index >= 15 is 0 Å². The van der Waals surface area contributed by atoms with Gasteiger partial charge in [-0.2, -0.15) is 0 Å². The first-order chi connectivity index (χ1) is 10.1. The van der Waals surface area contributed by atoms with Crippen LogP contribution >= 0.6 is 0 Å². The molecule has 21 heavy (non-hydrogen) atoms. The SMILES string of the molecule is COC(=O)C(=O)c1c(C)ccc2c1Cc1ccccc1O2. The second kappa shape index (κ2) is 5.05. The van der Waals surface area contributed by atoms with E-state index in [1.807, 2.05) is 30.3 Å². The number of benzene rings is 2. The molecule has 2 aromatic rings. The van der Waals surface area contributed by atoms with Gasteiger partial charge in [-0.05, 0) is 30.2 Å². The molecular formula is C17H14O4. The minimum absolute atomic E-state index is 0.383. The van der Waals surface area contributed by atoms with Crippen LogP contribution in [0.1, 0.15) is 27.0 Å².